The predicted octanol–water partition coefficient (Wildman–Crippen LogP) is -0.701. The van der Waals surface area contributed by atoms with E-state index in [1.54, 1.807) is 13.8 Å². The highest BCUT2D eigenvalue weighted by Crippen LogP contribution is 1.94. The average molecular weight is 186 g/mol. The first-order valence-corrected chi connectivity index (χ1v) is 4.13. The van der Waals surface area contributed by atoms with E-state index in [-0.39, 0.29) is 5.91 Å². The van der Waals surface area contributed by atoms with Gasteiger partial charge in [0, 0.05) is 13.1 Å². The molecule has 0 saturated heterocycles. The summed E-state index contributed by atoms with van der Waals surface area (Å²) in [5, 5.41) is 0. The molecule has 0 saturated carbocycles. The van der Waals surface area contributed by atoms with Gasteiger partial charge in [-0.25, -0.2) is 0 Å². The number of amides is 2. The van der Waals surface area contributed by atoms with Crippen molar-refractivity contribution in [3.8, 4) is 0 Å². The zero-order chi connectivity index (χ0) is 10.4. The van der Waals surface area contributed by atoms with Crippen LogP contribution in [-0.2, 0) is 14.4 Å². The molecule has 0 heterocycles. The Hall–Kier alpha value is -1.39. The van der Waals surface area contributed by atoms with Crippen LogP contribution in [-0.4, -0.2) is 35.6 Å². The van der Waals surface area contributed by atoms with Gasteiger partial charge in [-0.1, -0.05) is 0 Å². The van der Waals surface area contributed by atoms with Crippen LogP contribution in [0.25, 0.3) is 0 Å². The molecule has 5 heteroatoms. The highest BCUT2D eigenvalue weighted by molar-refractivity contribution is 6.38. The lowest BCUT2D eigenvalue weighted by atomic mass is 10.2. The minimum Gasteiger partial charge on any atom is -0.363 e. The SMILES string of the molecule is CCN(CC)C(=O)CC(=O)C(N)=O. The molecule has 0 aromatic heterocycles. The number of carbonyl (C=O) groups is 3. The van der Waals surface area contributed by atoms with E-state index in [4.69, 9.17) is 5.73 Å². The molecule has 5 nitrogen and oxygen atoms in total. The lowest BCUT2D eigenvalue weighted by Crippen LogP contribution is -2.35. The standard InChI is InChI=1S/C8H14N2O3/c1-3-10(4-2)7(12)5-6(11)8(9)13/h3-5H2,1-2H3,(H2,9,13). The van der Waals surface area contributed by atoms with Gasteiger partial charge < -0.3 is 10.6 Å². The molecule has 0 spiro atoms. The maximum absolute atomic E-state index is 11.2. The largest absolute Gasteiger partial charge is 0.363 e. The fourth-order valence-electron chi connectivity index (χ4n) is 0.913. The van der Waals surface area contributed by atoms with E-state index in [1.807, 2.05) is 0 Å². The van der Waals surface area contributed by atoms with E-state index < -0.39 is 18.1 Å². The van der Waals surface area contributed by atoms with Gasteiger partial charge in [-0.2, -0.15) is 0 Å². The number of ketones is 1. The Balaban J connectivity index is 4.13. The van der Waals surface area contributed by atoms with Gasteiger partial charge in [-0.3, -0.25) is 14.4 Å². The summed E-state index contributed by atoms with van der Waals surface area (Å²) >= 11 is 0. The lowest BCUT2D eigenvalue weighted by molar-refractivity contribution is -0.141. The number of Topliss-reactive ketones (excluding diaryl/α,β-unsaturated/α-hetero) is 1. The number of nitrogens with zero attached hydrogens (tertiary/aromatic N) is 1. The Morgan fingerprint density at radius 1 is 1.15 bits per heavy atom. The maximum Gasteiger partial charge on any atom is 0.285 e. The van der Waals surface area contributed by atoms with Crippen molar-refractivity contribution in [3.63, 3.8) is 0 Å². The van der Waals surface area contributed by atoms with Gasteiger partial charge in [0.05, 0.1) is 6.42 Å². The average Bonchev–Trinajstić information content (AvgIpc) is 2.06. The van der Waals surface area contributed by atoms with Crippen LogP contribution in [0.2, 0.25) is 0 Å². The molecule has 0 unspecified atom stereocenters. The van der Waals surface area contributed by atoms with Gasteiger partial charge in [0.25, 0.3) is 5.91 Å². The highest BCUT2D eigenvalue weighted by Gasteiger charge is 2.17. The van der Waals surface area contributed by atoms with Crippen molar-refractivity contribution < 1.29 is 14.4 Å². The van der Waals surface area contributed by atoms with Crippen LogP contribution >= 0.6 is 0 Å². The first-order valence-electron chi connectivity index (χ1n) is 4.13. The number of nitrogens with two attached hydrogens (primary N) is 1. The third kappa shape index (κ3) is 3.68. The van der Waals surface area contributed by atoms with Crippen LogP contribution in [0.5, 0.6) is 0 Å². The Labute approximate surface area is 76.9 Å². The van der Waals surface area contributed by atoms with Crippen molar-refractivity contribution in [2.45, 2.75) is 20.3 Å². The normalized spacial score (nSPS) is 9.38. The summed E-state index contributed by atoms with van der Waals surface area (Å²) in [5.74, 6) is -2.24. The quantitative estimate of drug-likeness (QED) is 0.455. The van der Waals surface area contributed by atoms with Crippen molar-refractivity contribution in [2.24, 2.45) is 5.73 Å². The van der Waals surface area contributed by atoms with Crippen LogP contribution in [0.3, 0.4) is 0 Å². The topological polar surface area (TPSA) is 80.5 Å². The molecule has 2 N–H and O–H groups in total. The van der Waals surface area contributed by atoms with Crippen LogP contribution in [0, 0.1) is 0 Å². The molecule has 0 radical (unpaired) electrons. The molecule has 74 valence electrons. The monoisotopic (exact) mass is 186 g/mol. The highest BCUT2D eigenvalue weighted by atomic mass is 16.2. The molecule has 0 atom stereocenters. The smallest absolute Gasteiger partial charge is 0.285 e. The lowest BCUT2D eigenvalue weighted by Gasteiger charge is -2.17. The Kier molecular flexibility index (Phi) is 4.72. The summed E-state index contributed by atoms with van der Waals surface area (Å²) < 4.78 is 0. The van der Waals surface area contributed by atoms with Gasteiger partial charge in [-0.15, -0.1) is 0 Å². The molecule has 0 bridgehead atoms. The molecule has 0 aromatic carbocycles. The zero-order valence-corrected chi connectivity index (χ0v) is 7.87. The second-order valence-electron chi connectivity index (χ2n) is 2.53. The summed E-state index contributed by atoms with van der Waals surface area (Å²) in [6, 6.07) is 0. The molecule has 0 aliphatic heterocycles. The van der Waals surface area contributed by atoms with Crippen LogP contribution in [0.1, 0.15) is 20.3 Å². The molecular formula is C8H14N2O3. The van der Waals surface area contributed by atoms with Gasteiger partial charge in [0.15, 0.2) is 0 Å². The summed E-state index contributed by atoms with van der Waals surface area (Å²) in [5.41, 5.74) is 4.71. The van der Waals surface area contributed by atoms with Crippen molar-refractivity contribution in [1.82, 2.24) is 4.90 Å². The van der Waals surface area contributed by atoms with E-state index in [2.05, 4.69) is 0 Å². The number of rotatable bonds is 5. The van der Waals surface area contributed by atoms with E-state index in [0.717, 1.165) is 0 Å². The van der Waals surface area contributed by atoms with Gasteiger partial charge in [0.1, 0.15) is 0 Å². The fraction of sp³-hybridized carbons (Fsp3) is 0.625. The van der Waals surface area contributed by atoms with E-state index in [1.165, 1.54) is 4.90 Å². The third-order valence-electron chi connectivity index (χ3n) is 1.70. The second-order valence-corrected chi connectivity index (χ2v) is 2.53. The second kappa shape index (κ2) is 5.29. The minimum atomic E-state index is -1.06. The zero-order valence-electron chi connectivity index (χ0n) is 7.87. The third-order valence-corrected chi connectivity index (χ3v) is 1.70. The van der Waals surface area contributed by atoms with Crippen LogP contribution in [0.4, 0.5) is 0 Å². The van der Waals surface area contributed by atoms with Crippen LogP contribution < -0.4 is 5.73 Å². The molecule has 2 amide bonds. The van der Waals surface area contributed by atoms with Gasteiger partial charge in [0.2, 0.25) is 11.7 Å². The van der Waals surface area contributed by atoms with Crippen molar-refractivity contribution in [2.75, 3.05) is 13.1 Å². The summed E-state index contributed by atoms with van der Waals surface area (Å²) in [6.45, 7) is 4.66. The van der Waals surface area contributed by atoms with E-state index in [0.29, 0.717) is 13.1 Å². The fourth-order valence-corrected chi connectivity index (χ4v) is 0.913. The number of primary amides is 1. The molecule has 0 aliphatic carbocycles. The summed E-state index contributed by atoms with van der Waals surface area (Å²) in [7, 11) is 0. The van der Waals surface area contributed by atoms with Crippen molar-refractivity contribution >= 4 is 17.6 Å². The minimum absolute atomic E-state index is 0.353. The Morgan fingerprint density at radius 3 is 1.92 bits per heavy atom. The molecule has 0 rings (SSSR count). The van der Waals surface area contributed by atoms with Crippen molar-refractivity contribution in [3.05, 3.63) is 0 Å². The van der Waals surface area contributed by atoms with E-state index >= 15 is 0 Å². The number of carbonyl (C=O) groups excluding carboxylic acids is 3. The maximum atomic E-state index is 11.2. The van der Waals surface area contributed by atoms with E-state index in [9.17, 15) is 14.4 Å². The molecule has 13 heavy (non-hydrogen) atoms. The molecule has 0 aliphatic rings. The molecule has 0 fully saturated rings. The van der Waals surface area contributed by atoms with Crippen molar-refractivity contribution in [1.29, 1.82) is 0 Å². The Morgan fingerprint density at radius 2 is 1.62 bits per heavy atom. The number of hydrogen-bond acceptors (Lipinski definition) is 3. The Bertz CT molecular complexity index is 221. The first-order chi connectivity index (χ1) is 6.02. The molecular weight excluding hydrogens is 172 g/mol. The first kappa shape index (κ1) is 11.6. The van der Waals surface area contributed by atoms with Gasteiger partial charge >= 0.3 is 0 Å². The van der Waals surface area contributed by atoms with Gasteiger partial charge in [-0.05, 0) is 13.8 Å². The summed E-state index contributed by atoms with van der Waals surface area (Å²) in [6.07, 6.45) is -0.420. The predicted molar refractivity (Wildman–Crippen MR) is 46.7 cm³/mol. The van der Waals surface area contributed by atoms with Crippen LogP contribution in [0.15, 0.2) is 0 Å². The molecule has 0 aromatic rings. The number of hydrogen-bond donors (Lipinski definition) is 1. The summed E-state index contributed by atoms with van der Waals surface area (Å²) in [4.78, 5) is 33.8.